The first kappa shape index (κ1) is 34.8. The normalized spacial score (nSPS) is 43.8. The van der Waals surface area contributed by atoms with E-state index in [2.05, 4.69) is 83.8 Å². The van der Waals surface area contributed by atoms with Crippen LogP contribution in [0.5, 0.6) is 0 Å². The Hall–Kier alpha value is -2.04. The zero-order chi connectivity index (χ0) is 34.4. The summed E-state index contributed by atoms with van der Waals surface area (Å²) >= 11 is 0. The lowest BCUT2D eigenvalue weighted by molar-refractivity contribution is -0.253. The number of nitrogens with two attached hydrogens (primary N) is 2. The van der Waals surface area contributed by atoms with Crippen molar-refractivity contribution in [3.63, 3.8) is 0 Å². The lowest BCUT2D eigenvalue weighted by Gasteiger charge is -2.71. The molecule has 6 rings (SSSR count). The van der Waals surface area contributed by atoms with Gasteiger partial charge in [-0.15, -0.1) is 5.10 Å². The highest BCUT2D eigenvalue weighted by Crippen LogP contribution is 2.75. The van der Waals surface area contributed by atoms with Crippen LogP contribution in [0.25, 0.3) is 0 Å². The Kier molecular flexibility index (Phi) is 8.52. The number of anilines is 1. The van der Waals surface area contributed by atoms with E-state index in [9.17, 15) is 9.90 Å². The van der Waals surface area contributed by atoms with Crippen molar-refractivity contribution in [3.8, 4) is 0 Å². The average Bonchev–Trinajstić information content (AvgIpc) is 3.45. The molecule has 5 N–H and O–H groups in total. The van der Waals surface area contributed by atoms with Crippen molar-refractivity contribution in [1.29, 1.82) is 0 Å². The van der Waals surface area contributed by atoms with Gasteiger partial charge in [0.2, 0.25) is 0 Å². The van der Waals surface area contributed by atoms with Gasteiger partial charge in [-0.2, -0.15) is 4.80 Å². The van der Waals surface area contributed by atoms with Crippen LogP contribution in [0, 0.1) is 56.7 Å². The summed E-state index contributed by atoms with van der Waals surface area (Å²) in [7, 11) is 0. The van der Waals surface area contributed by atoms with E-state index in [1.807, 2.05) is 0 Å². The molecule has 4 aliphatic carbocycles. The third-order valence-electron chi connectivity index (χ3n) is 15.8. The first-order valence-electron chi connectivity index (χ1n) is 18.4. The van der Waals surface area contributed by atoms with Crippen LogP contribution < -0.4 is 11.5 Å². The molecular formula is C37H62N6O4. The van der Waals surface area contributed by atoms with E-state index in [4.69, 9.17) is 20.9 Å². The molecule has 1 saturated heterocycles. The van der Waals surface area contributed by atoms with Crippen LogP contribution in [0.15, 0.2) is 11.6 Å². The molecule has 10 heteroatoms. The molecule has 11 atom stereocenters. The molecule has 2 bridgehead atoms. The van der Waals surface area contributed by atoms with Crippen LogP contribution in [0.2, 0.25) is 0 Å². The number of aliphatic carboxylic acids is 1. The molecule has 1 aliphatic heterocycles. The van der Waals surface area contributed by atoms with Gasteiger partial charge in [-0.05, 0) is 96.5 Å². The minimum absolute atomic E-state index is 0.149. The second kappa shape index (κ2) is 11.5. The van der Waals surface area contributed by atoms with Crippen molar-refractivity contribution in [1.82, 2.24) is 20.2 Å². The molecular weight excluding hydrogens is 592 g/mol. The Morgan fingerprint density at radius 2 is 1.83 bits per heavy atom. The SMILES string of the molecule is CCC(N)(CC)CO[C@H]1[C@H](n2nnc(N)n2)CC23COC[C@@]1(C)[C@@H]2CC[C@H]1C3=CC[C@@]2(C)[C@H](C(=O)O)[C@@](C)([C@H](C)C(C)C)CC[C@]12C. The van der Waals surface area contributed by atoms with Gasteiger partial charge >= 0.3 is 5.97 Å². The maximum atomic E-state index is 13.4. The van der Waals surface area contributed by atoms with Crippen molar-refractivity contribution < 1.29 is 19.4 Å². The number of tetrazole rings is 1. The molecule has 0 spiro atoms. The minimum Gasteiger partial charge on any atom is -0.481 e. The predicted molar refractivity (Wildman–Crippen MR) is 182 cm³/mol. The summed E-state index contributed by atoms with van der Waals surface area (Å²) in [6.45, 7) is 22.1. The molecule has 2 heterocycles. The lowest BCUT2D eigenvalue weighted by Crippen LogP contribution is -2.69. The number of nitrogens with zero attached hydrogens (tertiary/aromatic N) is 4. The summed E-state index contributed by atoms with van der Waals surface area (Å²) < 4.78 is 13.6. The van der Waals surface area contributed by atoms with E-state index in [-0.39, 0.29) is 51.1 Å². The number of carbonyl (C=O) groups is 1. The highest BCUT2D eigenvalue weighted by atomic mass is 16.5. The molecule has 4 fully saturated rings. The predicted octanol–water partition coefficient (Wildman–Crippen LogP) is 6.29. The van der Waals surface area contributed by atoms with Crippen molar-refractivity contribution >= 4 is 11.9 Å². The fourth-order valence-electron chi connectivity index (χ4n) is 12.2. The number of ether oxygens (including phenoxy) is 2. The third-order valence-corrected chi connectivity index (χ3v) is 15.8. The van der Waals surface area contributed by atoms with Gasteiger partial charge in [0.1, 0.15) is 6.04 Å². The standard InChI is InChI=1S/C37H62N6O4/c1-10-36(39,11-2)20-47-29-26(43-41-31(38)40-42-43)18-37-21-46-19-33(29,7)27(37)13-12-24-25(37)14-15-35(9)28(30(44)45)32(6,23(5)22(3)4)16-17-34(24,35)8/h14,22-24,26-29H,10-13,15-21,39H2,1-9H3,(H2,38,41)(H,44,45)/t23-,24+,26-,27+,28-,29+,32-,33+,34-,35+,37?/m1/s1. The molecule has 10 nitrogen and oxygen atoms in total. The van der Waals surface area contributed by atoms with Crippen LogP contribution in [0.4, 0.5) is 5.95 Å². The Morgan fingerprint density at radius 1 is 1.13 bits per heavy atom. The van der Waals surface area contributed by atoms with Crippen LogP contribution >= 0.6 is 0 Å². The summed E-state index contributed by atoms with van der Waals surface area (Å²) in [5.41, 5.74) is 12.6. The molecule has 264 valence electrons. The topological polar surface area (TPSA) is 151 Å². The summed E-state index contributed by atoms with van der Waals surface area (Å²) in [6, 6.07) is -0.183. The maximum absolute atomic E-state index is 13.4. The Balaban J connectivity index is 1.44. The molecule has 0 amide bonds. The highest BCUT2D eigenvalue weighted by Gasteiger charge is 2.72. The van der Waals surface area contributed by atoms with Crippen molar-refractivity contribution in [2.45, 2.75) is 131 Å². The van der Waals surface area contributed by atoms with Crippen molar-refractivity contribution in [3.05, 3.63) is 11.6 Å². The molecule has 0 aromatic carbocycles. The fourth-order valence-corrected chi connectivity index (χ4v) is 12.2. The minimum atomic E-state index is -0.631. The Morgan fingerprint density at radius 3 is 2.43 bits per heavy atom. The Labute approximate surface area is 282 Å². The van der Waals surface area contributed by atoms with Crippen molar-refractivity contribution in [2.24, 2.45) is 62.4 Å². The largest absolute Gasteiger partial charge is 0.481 e. The van der Waals surface area contributed by atoms with Gasteiger partial charge in [0.15, 0.2) is 0 Å². The second-order valence-electron chi connectivity index (χ2n) is 17.9. The first-order valence-corrected chi connectivity index (χ1v) is 18.4. The number of aromatic nitrogens is 4. The maximum Gasteiger partial charge on any atom is 0.307 e. The summed E-state index contributed by atoms with van der Waals surface area (Å²) in [6.07, 6.45) is 9.52. The molecule has 47 heavy (non-hydrogen) atoms. The van der Waals surface area contributed by atoms with Gasteiger partial charge in [-0.25, -0.2) is 0 Å². The molecule has 1 unspecified atom stereocenters. The molecule has 3 saturated carbocycles. The van der Waals surface area contributed by atoms with Gasteiger partial charge in [-0.1, -0.05) is 79.1 Å². The van der Waals surface area contributed by atoms with E-state index < -0.39 is 17.4 Å². The Bertz CT molecular complexity index is 1390. The zero-order valence-electron chi connectivity index (χ0n) is 30.5. The first-order chi connectivity index (χ1) is 22.0. The van der Waals surface area contributed by atoms with Crippen LogP contribution in [0.1, 0.15) is 120 Å². The van der Waals surface area contributed by atoms with E-state index in [0.29, 0.717) is 37.6 Å². The van der Waals surface area contributed by atoms with Gasteiger partial charge in [0.05, 0.1) is 31.8 Å². The number of carboxylic acids is 1. The second-order valence-corrected chi connectivity index (χ2v) is 17.9. The quantitative estimate of drug-likeness (QED) is 0.261. The molecule has 1 aromatic rings. The van der Waals surface area contributed by atoms with Gasteiger partial charge < -0.3 is 26.0 Å². The van der Waals surface area contributed by atoms with E-state index >= 15 is 0 Å². The number of rotatable bonds is 9. The zero-order valence-corrected chi connectivity index (χ0v) is 30.5. The third kappa shape index (κ3) is 4.80. The van der Waals surface area contributed by atoms with Gasteiger partial charge in [0.25, 0.3) is 5.95 Å². The van der Waals surface area contributed by atoms with E-state index in [1.165, 1.54) is 5.57 Å². The number of carboxylic acid groups (broad SMARTS) is 1. The average molecular weight is 655 g/mol. The number of hydrogen-bond donors (Lipinski definition) is 3. The van der Waals surface area contributed by atoms with E-state index in [1.54, 1.807) is 4.80 Å². The molecule has 1 aromatic heterocycles. The van der Waals surface area contributed by atoms with Crippen LogP contribution in [0.3, 0.4) is 0 Å². The lowest BCUT2D eigenvalue weighted by atomic mass is 9.34. The van der Waals surface area contributed by atoms with E-state index in [0.717, 1.165) is 51.4 Å². The van der Waals surface area contributed by atoms with Crippen molar-refractivity contribution in [2.75, 3.05) is 25.6 Å². The number of hydrogen-bond acceptors (Lipinski definition) is 8. The van der Waals surface area contributed by atoms with Crippen LogP contribution in [-0.2, 0) is 14.3 Å². The summed E-state index contributed by atoms with van der Waals surface area (Å²) in [4.78, 5) is 15.1. The molecule has 5 aliphatic rings. The number of nitrogen functional groups attached to an aromatic ring is 1. The number of allylic oxidation sites excluding steroid dienone is 1. The smallest absolute Gasteiger partial charge is 0.307 e. The molecule has 0 radical (unpaired) electrons. The summed E-state index contributed by atoms with van der Waals surface area (Å²) in [5.74, 6) is 0.475. The van der Waals surface area contributed by atoms with Crippen LogP contribution in [-0.4, -0.2) is 62.7 Å². The fraction of sp³-hybridized carbons (Fsp3) is 0.892. The monoisotopic (exact) mass is 654 g/mol. The van der Waals surface area contributed by atoms with Gasteiger partial charge in [0, 0.05) is 16.4 Å². The van der Waals surface area contributed by atoms with Gasteiger partial charge in [-0.3, -0.25) is 4.79 Å². The number of fused-ring (bicyclic) bond motifs is 3. The summed E-state index contributed by atoms with van der Waals surface area (Å²) in [5, 5.41) is 24.1. The highest BCUT2D eigenvalue weighted by molar-refractivity contribution is 5.73.